The van der Waals surface area contributed by atoms with Crippen LogP contribution in [-0.2, 0) is 4.79 Å². The number of piperidine rings is 1. The predicted octanol–water partition coefficient (Wildman–Crippen LogP) is 2.48. The van der Waals surface area contributed by atoms with Gasteiger partial charge in [-0.1, -0.05) is 6.92 Å². The summed E-state index contributed by atoms with van der Waals surface area (Å²) in [5.41, 5.74) is 0. The molecule has 0 aromatic heterocycles. The van der Waals surface area contributed by atoms with Gasteiger partial charge in [-0.25, -0.2) is 0 Å². The molecule has 1 heterocycles. The van der Waals surface area contributed by atoms with E-state index in [2.05, 4.69) is 18.7 Å². The van der Waals surface area contributed by atoms with Gasteiger partial charge < -0.3 is 9.69 Å². The number of carbonyl (C=O) groups is 1. The van der Waals surface area contributed by atoms with Crippen molar-refractivity contribution in [3.63, 3.8) is 0 Å². The van der Waals surface area contributed by atoms with Crippen LogP contribution in [0.5, 0.6) is 0 Å². The molecule has 1 aliphatic heterocycles. The van der Waals surface area contributed by atoms with Crippen molar-refractivity contribution in [3.8, 4) is 0 Å². The molecule has 1 fully saturated rings. The summed E-state index contributed by atoms with van der Waals surface area (Å²) < 4.78 is 0. The van der Waals surface area contributed by atoms with Gasteiger partial charge in [0.15, 0.2) is 0 Å². The van der Waals surface area contributed by atoms with Crippen LogP contribution in [0.4, 0.5) is 0 Å². The van der Waals surface area contributed by atoms with Crippen molar-refractivity contribution < 1.29 is 4.79 Å². The Bertz CT molecular complexity index is 183. The molecule has 1 atom stereocenters. The van der Waals surface area contributed by atoms with Crippen LogP contribution >= 0.6 is 0 Å². The Balaban J connectivity index is 2.27. The minimum absolute atomic E-state index is 0.354. The van der Waals surface area contributed by atoms with Crippen molar-refractivity contribution in [1.29, 1.82) is 0 Å². The molecule has 0 aromatic rings. The lowest BCUT2D eigenvalue weighted by Gasteiger charge is -2.35. The van der Waals surface area contributed by atoms with E-state index in [0.717, 1.165) is 6.42 Å². The second-order valence-electron chi connectivity index (χ2n) is 4.64. The van der Waals surface area contributed by atoms with E-state index in [1.807, 2.05) is 0 Å². The quantitative estimate of drug-likeness (QED) is 0.690. The Kier molecular flexibility index (Phi) is 4.59. The average molecular weight is 197 g/mol. The van der Waals surface area contributed by atoms with Gasteiger partial charge in [-0.15, -0.1) is 0 Å². The summed E-state index contributed by atoms with van der Waals surface area (Å²) in [6.07, 6.45) is 4.46. The van der Waals surface area contributed by atoms with Gasteiger partial charge in [0, 0.05) is 12.5 Å². The van der Waals surface area contributed by atoms with Crippen LogP contribution in [0, 0.1) is 5.92 Å². The highest BCUT2D eigenvalue weighted by Crippen LogP contribution is 2.22. The monoisotopic (exact) mass is 197 g/mol. The molecule has 1 unspecified atom stereocenters. The van der Waals surface area contributed by atoms with Gasteiger partial charge >= 0.3 is 0 Å². The van der Waals surface area contributed by atoms with Gasteiger partial charge in [0.05, 0.1) is 0 Å². The Morgan fingerprint density at radius 2 is 2.00 bits per heavy atom. The van der Waals surface area contributed by atoms with Crippen molar-refractivity contribution >= 4 is 5.78 Å². The number of Topliss-reactive ketones (excluding diaryl/α,β-unsaturated/α-hetero) is 1. The normalized spacial score (nSPS) is 22.2. The first-order valence-corrected chi connectivity index (χ1v) is 5.87. The van der Waals surface area contributed by atoms with E-state index in [4.69, 9.17) is 0 Å². The molecule has 1 rings (SSSR count). The van der Waals surface area contributed by atoms with Crippen LogP contribution < -0.4 is 0 Å². The molecule has 0 aromatic carbocycles. The molecule has 0 N–H and O–H groups in total. The maximum atomic E-state index is 11.0. The SMILES string of the molecule is CCC(C)N1CCC(CC(C)=O)CC1. The van der Waals surface area contributed by atoms with Crippen molar-refractivity contribution in [2.75, 3.05) is 13.1 Å². The molecule has 14 heavy (non-hydrogen) atoms. The Labute approximate surface area is 87.7 Å². The van der Waals surface area contributed by atoms with E-state index in [1.54, 1.807) is 6.92 Å². The number of ketones is 1. The number of hydrogen-bond acceptors (Lipinski definition) is 2. The highest BCUT2D eigenvalue weighted by Gasteiger charge is 2.22. The van der Waals surface area contributed by atoms with Crippen molar-refractivity contribution in [3.05, 3.63) is 0 Å². The summed E-state index contributed by atoms with van der Waals surface area (Å²) in [4.78, 5) is 13.5. The maximum absolute atomic E-state index is 11.0. The molecule has 82 valence electrons. The van der Waals surface area contributed by atoms with E-state index in [1.165, 1.54) is 32.4 Å². The lowest BCUT2D eigenvalue weighted by Crippen LogP contribution is -2.39. The first-order valence-electron chi connectivity index (χ1n) is 5.87. The second kappa shape index (κ2) is 5.50. The van der Waals surface area contributed by atoms with Gasteiger partial charge in [0.25, 0.3) is 0 Å². The molecule has 0 saturated carbocycles. The molecule has 0 bridgehead atoms. The van der Waals surface area contributed by atoms with Gasteiger partial charge in [0.2, 0.25) is 0 Å². The van der Waals surface area contributed by atoms with Crippen molar-refractivity contribution in [2.45, 2.75) is 52.5 Å². The van der Waals surface area contributed by atoms with Crippen LogP contribution in [0.3, 0.4) is 0 Å². The molecule has 0 radical (unpaired) electrons. The van der Waals surface area contributed by atoms with E-state index in [-0.39, 0.29) is 0 Å². The lowest BCUT2D eigenvalue weighted by molar-refractivity contribution is -0.118. The Morgan fingerprint density at radius 3 is 2.43 bits per heavy atom. The number of hydrogen-bond donors (Lipinski definition) is 0. The standard InChI is InChI=1S/C12H23NO/c1-4-10(2)13-7-5-12(6-8-13)9-11(3)14/h10,12H,4-9H2,1-3H3. The molecule has 1 aliphatic rings. The third-order valence-corrected chi connectivity index (χ3v) is 3.44. The van der Waals surface area contributed by atoms with Crippen LogP contribution in [0.15, 0.2) is 0 Å². The Morgan fingerprint density at radius 1 is 1.43 bits per heavy atom. The van der Waals surface area contributed by atoms with Crippen molar-refractivity contribution in [1.82, 2.24) is 4.90 Å². The summed E-state index contributed by atoms with van der Waals surface area (Å²) in [5.74, 6) is 1.01. The Hall–Kier alpha value is -0.370. The zero-order valence-electron chi connectivity index (χ0n) is 9.75. The van der Waals surface area contributed by atoms with E-state index >= 15 is 0 Å². The van der Waals surface area contributed by atoms with E-state index in [0.29, 0.717) is 17.7 Å². The fourth-order valence-corrected chi connectivity index (χ4v) is 2.26. The molecule has 2 heteroatoms. The van der Waals surface area contributed by atoms with Crippen LogP contribution in [-0.4, -0.2) is 29.8 Å². The number of carbonyl (C=O) groups excluding carboxylic acids is 1. The predicted molar refractivity (Wildman–Crippen MR) is 59.3 cm³/mol. The van der Waals surface area contributed by atoms with Gasteiger partial charge in [0.1, 0.15) is 5.78 Å². The third-order valence-electron chi connectivity index (χ3n) is 3.44. The fourth-order valence-electron chi connectivity index (χ4n) is 2.26. The first kappa shape index (κ1) is 11.7. The van der Waals surface area contributed by atoms with Crippen LogP contribution in [0.2, 0.25) is 0 Å². The smallest absolute Gasteiger partial charge is 0.130 e. The third kappa shape index (κ3) is 3.41. The van der Waals surface area contributed by atoms with Gasteiger partial charge in [-0.05, 0) is 52.1 Å². The molecule has 0 amide bonds. The number of likely N-dealkylation sites (tertiary alicyclic amines) is 1. The minimum Gasteiger partial charge on any atom is -0.301 e. The lowest BCUT2D eigenvalue weighted by atomic mass is 9.91. The summed E-state index contributed by atoms with van der Waals surface area (Å²) in [7, 11) is 0. The molecule has 1 saturated heterocycles. The molecule has 2 nitrogen and oxygen atoms in total. The number of nitrogens with zero attached hydrogens (tertiary/aromatic N) is 1. The molecule has 0 aliphatic carbocycles. The topological polar surface area (TPSA) is 20.3 Å². The molecule has 0 spiro atoms. The summed E-state index contributed by atoms with van der Waals surface area (Å²) in [6, 6.07) is 0.716. The van der Waals surface area contributed by atoms with E-state index in [9.17, 15) is 4.79 Å². The highest BCUT2D eigenvalue weighted by atomic mass is 16.1. The fraction of sp³-hybridized carbons (Fsp3) is 0.917. The first-order chi connectivity index (χ1) is 6.63. The largest absolute Gasteiger partial charge is 0.301 e. The van der Waals surface area contributed by atoms with Gasteiger partial charge in [-0.2, -0.15) is 0 Å². The second-order valence-corrected chi connectivity index (χ2v) is 4.64. The van der Waals surface area contributed by atoms with Crippen LogP contribution in [0.1, 0.15) is 46.5 Å². The van der Waals surface area contributed by atoms with E-state index < -0.39 is 0 Å². The van der Waals surface area contributed by atoms with Gasteiger partial charge in [-0.3, -0.25) is 0 Å². The minimum atomic E-state index is 0.354. The zero-order valence-corrected chi connectivity index (χ0v) is 9.75. The summed E-state index contributed by atoms with van der Waals surface area (Å²) >= 11 is 0. The van der Waals surface area contributed by atoms with Crippen molar-refractivity contribution in [2.24, 2.45) is 5.92 Å². The zero-order chi connectivity index (χ0) is 10.6. The number of rotatable bonds is 4. The molecular weight excluding hydrogens is 174 g/mol. The molecular formula is C12H23NO. The van der Waals surface area contributed by atoms with Crippen LogP contribution in [0.25, 0.3) is 0 Å². The summed E-state index contributed by atoms with van der Waals surface area (Å²) in [6.45, 7) is 8.62. The summed E-state index contributed by atoms with van der Waals surface area (Å²) in [5, 5.41) is 0. The highest BCUT2D eigenvalue weighted by molar-refractivity contribution is 5.75. The average Bonchev–Trinajstić information content (AvgIpc) is 2.17. The maximum Gasteiger partial charge on any atom is 0.130 e.